The molecule has 4 heteroatoms. The number of hydrogen-bond donors (Lipinski definition) is 1. The van der Waals surface area contributed by atoms with Gasteiger partial charge in [-0.05, 0) is 49.8 Å². The van der Waals surface area contributed by atoms with E-state index in [1.165, 1.54) is 16.7 Å². The highest BCUT2D eigenvalue weighted by molar-refractivity contribution is 5.94. The normalized spacial score (nSPS) is 14.5. The van der Waals surface area contributed by atoms with Crippen LogP contribution in [-0.2, 0) is 18.0 Å². The van der Waals surface area contributed by atoms with Gasteiger partial charge in [0.25, 0.3) is 5.91 Å². The van der Waals surface area contributed by atoms with Gasteiger partial charge in [-0.1, -0.05) is 35.9 Å². The molecule has 0 spiro atoms. The van der Waals surface area contributed by atoms with Crippen molar-refractivity contribution >= 4 is 5.91 Å². The summed E-state index contributed by atoms with van der Waals surface area (Å²) < 4.78 is 5.41. The summed E-state index contributed by atoms with van der Waals surface area (Å²) in [6, 6.07) is 14.4. The monoisotopic (exact) mass is 324 g/mol. The van der Waals surface area contributed by atoms with E-state index in [2.05, 4.69) is 41.4 Å². The first-order valence-electron chi connectivity index (χ1n) is 8.25. The minimum atomic E-state index is -0.0383. The van der Waals surface area contributed by atoms with Gasteiger partial charge in [0.2, 0.25) is 0 Å². The van der Waals surface area contributed by atoms with E-state index < -0.39 is 0 Å². The Morgan fingerprint density at radius 1 is 1.12 bits per heavy atom. The number of aryl methyl sites for hydroxylation is 1. The molecular formula is C20H24N2O2. The first-order valence-corrected chi connectivity index (χ1v) is 8.25. The minimum absolute atomic E-state index is 0.0383. The van der Waals surface area contributed by atoms with Crippen molar-refractivity contribution in [3.63, 3.8) is 0 Å². The van der Waals surface area contributed by atoms with E-state index in [1.54, 1.807) is 0 Å². The molecule has 0 saturated carbocycles. The molecule has 0 aromatic heterocycles. The molecule has 4 nitrogen and oxygen atoms in total. The number of hydrogen-bond acceptors (Lipinski definition) is 3. The average molecular weight is 324 g/mol. The van der Waals surface area contributed by atoms with E-state index >= 15 is 0 Å². The first-order chi connectivity index (χ1) is 11.5. The first kappa shape index (κ1) is 16.7. The molecule has 0 saturated heterocycles. The van der Waals surface area contributed by atoms with Crippen molar-refractivity contribution in [2.75, 3.05) is 20.6 Å². The lowest BCUT2D eigenvalue weighted by atomic mass is 10.0. The second kappa shape index (κ2) is 7.16. The lowest BCUT2D eigenvalue weighted by molar-refractivity contribution is 0.0941. The van der Waals surface area contributed by atoms with E-state index in [4.69, 9.17) is 4.74 Å². The van der Waals surface area contributed by atoms with Crippen LogP contribution in [0.25, 0.3) is 0 Å². The molecule has 0 fully saturated rings. The van der Waals surface area contributed by atoms with Crippen molar-refractivity contribution in [1.82, 2.24) is 10.2 Å². The second-order valence-electron chi connectivity index (χ2n) is 6.58. The molecule has 24 heavy (non-hydrogen) atoms. The molecule has 2 aromatic carbocycles. The quantitative estimate of drug-likeness (QED) is 0.919. The van der Waals surface area contributed by atoms with Crippen LogP contribution in [-0.4, -0.2) is 31.4 Å². The number of nitrogens with zero attached hydrogens (tertiary/aromatic N) is 1. The zero-order chi connectivity index (χ0) is 17.1. The zero-order valence-corrected chi connectivity index (χ0v) is 14.5. The van der Waals surface area contributed by atoms with Crippen molar-refractivity contribution in [3.8, 4) is 0 Å². The van der Waals surface area contributed by atoms with Gasteiger partial charge in [0.15, 0.2) is 0 Å². The molecule has 1 amide bonds. The molecule has 2 aromatic rings. The van der Waals surface area contributed by atoms with Crippen LogP contribution in [0, 0.1) is 6.92 Å². The predicted octanol–water partition coefficient (Wildman–Crippen LogP) is 3.06. The number of carbonyl (C=O) groups excluding carboxylic acids is 1. The Balaban J connectivity index is 1.68. The fourth-order valence-electron chi connectivity index (χ4n) is 2.99. The SMILES string of the molecule is Cc1ccc(C(CNC(=O)c2ccc3c(c2)COC3)N(C)C)cc1. The van der Waals surface area contributed by atoms with Gasteiger partial charge in [-0.25, -0.2) is 0 Å². The highest BCUT2D eigenvalue weighted by Crippen LogP contribution is 2.21. The van der Waals surface area contributed by atoms with Crippen LogP contribution in [0.3, 0.4) is 0 Å². The highest BCUT2D eigenvalue weighted by Gasteiger charge is 2.17. The molecule has 0 aliphatic carbocycles. The number of carbonyl (C=O) groups is 1. The zero-order valence-electron chi connectivity index (χ0n) is 14.5. The number of ether oxygens (including phenoxy) is 1. The molecule has 1 N–H and O–H groups in total. The lowest BCUT2D eigenvalue weighted by Gasteiger charge is -2.25. The Bertz CT molecular complexity index is 723. The van der Waals surface area contributed by atoms with Crippen molar-refractivity contribution in [2.45, 2.75) is 26.2 Å². The summed E-state index contributed by atoms with van der Waals surface area (Å²) >= 11 is 0. The van der Waals surface area contributed by atoms with Gasteiger partial charge in [-0.15, -0.1) is 0 Å². The molecule has 3 rings (SSSR count). The van der Waals surface area contributed by atoms with Crippen molar-refractivity contribution in [1.29, 1.82) is 0 Å². The Kier molecular flexibility index (Phi) is 4.97. The fraction of sp³-hybridized carbons (Fsp3) is 0.350. The summed E-state index contributed by atoms with van der Waals surface area (Å²) in [6.07, 6.45) is 0. The molecule has 1 aliphatic rings. The summed E-state index contributed by atoms with van der Waals surface area (Å²) in [7, 11) is 4.06. The molecule has 1 atom stereocenters. The molecular weight excluding hydrogens is 300 g/mol. The Hall–Kier alpha value is -2.17. The van der Waals surface area contributed by atoms with Crippen molar-refractivity contribution < 1.29 is 9.53 Å². The Morgan fingerprint density at radius 3 is 2.54 bits per heavy atom. The van der Waals surface area contributed by atoms with Crippen LogP contribution < -0.4 is 5.32 Å². The van der Waals surface area contributed by atoms with E-state index in [0.717, 1.165) is 5.56 Å². The molecule has 1 heterocycles. The van der Waals surface area contributed by atoms with Crippen LogP contribution >= 0.6 is 0 Å². The maximum absolute atomic E-state index is 12.5. The van der Waals surface area contributed by atoms with E-state index in [-0.39, 0.29) is 11.9 Å². The molecule has 1 unspecified atom stereocenters. The fourth-order valence-corrected chi connectivity index (χ4v) is 2.99. The summed E-state index contributed by atoms with van der Waals surface area (Å²) in [6.45, 7) is 3.89. The highest BCUT2D eigenvalue weighted by atomic mass is 16.5. The minimum Gasteiger partial charge on any atom is -0.372 e. The maximum atomic E-state index is 12.5. The van der Waals surface area contributed by atoms with Crippen molar-refractivity contribution in [2.24, 2.45) is 0 Å². The van der Waals surface area contributed by atoms with E-state index in [1.807, 2.05) is 32.3 Å². The van der Waals surface area contributed by atoms with Crippen LogP contribution in [0.4, 0.5) is 0 Å². The molecule has 0 bridgehead atoms. The summed E-state index contributed by atoms with van der Waals surface area (Å²) in [5.74, 6) is -0.0383. The van der Waals surface area contributed by atoms with Gasteiger partial charge in [0, 0.05) is 12.1 Å². The van der Waals surface area contributed by atoms with E-state index in [9.17, 15) is 4.79 Å². The predicted molar refractivity (Wildman–Crippen MR) is 94.9 cm³/mol. The Labute approximate surface area is 143 Å². The number of fused-ring (bicyclic) bond motifs is 1. The van der Waals surface area contributed by atoms with Gasteiger partial charge in [-0.3, -0.25) is 4.79 Å². The van der Waals surface area contributed by atoms with Gasteiger partial charge < -0.3 is 15.0 Å². The third-order valence-corrected chi connectivity index (χ3v) is 4.53. The largest absolute Gasteiger partial charge is 0.372 e. The van der Waals surface area contributed by atoms with Gasteiger partial charge in [-0.2, -0.15) is 0 Å². The number of rotatable bonds is 5. The van der Waals surface area contributed by atoms with Crippen molar-refractivity contribution in [3.05, 3.63) is 70.3 Å². The molecule has 0 radical (unpaired) electrons. The number of likely N-dealkylation sites (N-methyl/N-ethyl adjacent to an activating group) is 1. The third kappa shape index (κ3) is 3.66. The Morgan fingerprint density at radius 2 is 1.83 bits per heavy atom. The average Bonchev–Trinajstić information content (AvgIpc) is 3.03. The van der Waals surface area contributed by atoms with Crippen LogP contribution in [0.5, 0.6) is 0 Å². The van der Waals surface area contributed by atoms with Gasteiger partial charge >= 0.3 is 0 Å². The number of nitrogens with one attached hydrogen (secondary N) is 1. The second-order valence-corrected chi connectivity index (χ2v) is 6.58. The van der Waals surface area contributed by atoms with Crippen LogP contribution in [0.15, 0.2) is 42.5 Å². The topological polar surface area (TPSA) is 41.6 Å². The molecule has 1 aliphatic heterocycles. The van der Waals surface area contributed by atoms with Crippen LogP contribution in [0.2, 0.25) is 0 Å². The maximum Gasteiger partial charge on any atom is 0.251 e. The van der Waals surface area contributed by atoms with E-state index in [0.29, 0.717) is 25.3 Å². The lowest BCUT2D eigenvalue weighted by Crippen LogP contribution is -2.34. The van der Waals surface area contributed by atoms with Crippen LogP contribution in [0.1, 0.15) is 38.7 Å². The van der Waals surface area contributed by atoms with Gasteiger partial charge in [0.05, 0.1) is 19.3 Å². The third-order valence-electron chi connectivity index (χ3n) is 4.53. The molecule has 126 valence electrons. The summed E-state index contributed by atoms with van der Waals surface area (Å²) in [5.41, 5.74) is 5.43. The summed E-state index contributed by atoms with van der Waals surface area (Å²) in [4.78, 5) is 14.6. The standard InChI is InChI=1S/C20H24N2O2/c1-14-4-6-15(7-5-14)19(22(2)3)11-21-20(23)16-8-9-17-12-24-13-18(17)10-16/h4-10,19H,11-13H2,1-3H3,(H,21,23). The summed E-state index contributed by atoms with van der Waals surface area (Å²) in [5, 5.41) is 3.06. The smallest absolute Gasteiger partial charge is 0.251 e. The number of benzene rings is 2. The number of amides is 1. The van der Waals surface area contributed by atoms with Gasteiger partial charge in [0.1, 0.15) is 0 Å².